The highest BCUT2D eigenvalue weighted by Gasteiger charge is 2.41. The second-order valence-electron chi connectivity index (χ2n) is 5.06. The van der Waals surface area contributed by atoms with Gasteiger partial charge in [-0.05, 0) is 50.9 Å². The summed E-state index contributed by atoms with van der Waals surface area (Å²) in [6.07, 6.45) is 7.71. The molecular formula is C12H22N2OS. The molecule has 1 aliphatic carbocycles. The first-order valence-corrected chi connectivity index (χ1v) is 7.49. The summed E-state index contributed by atoms with van der Waals surface area (Å²) in [5, 5.41) is 6.43. The Morgan fingerprint density at radius 1 is 1.44 bits per heavy atom. The predicted molar refractivity (Wildman–Crippen MR) is 68.7 cm³/mol. The van der Waals surface area contributed by atoms with Crippen LogP contribution in [-0.2, 0) is 4.79 Å². The van der Waals surface area contributed by atoms with Crippen LogP contribution in [0.15, 0.2) is 0 Å². The summed E-state index contributed by atoms with van der Waals surface area (Å²) in [5.41, 5.74) is 0. The molecule has 3 nitrogen and oxygen atoms in total. The fourth-order valence-corrected chi connectivity index (χ4v) is 3.00. The Kier molecular flexibility index (Phi) is 4.14. The molecule has 0 aromatic rings. The van der Waals surface area contributed by atoms with Crippen molar-refractivity contribution in [1.82, 2.24) is 10.6 Å². The van der Waals surface area contributed by atoms with Gasteiger partial charge in [-0.2, -0.15) is 11.8 Å². The summed E-state index contributed by atoms with van der Waals surface area (Å²) in [4.78, 5) is 11.8. The normalized spacial score (nSPS) is 24.1. The number of amides is 1. The van der Waals surface area contributed by atoms with Crippen LogP contribution in [-0.4, -0.2) is 36.5 Å². The SMILES string of the molecule is CSC1(CNC(=O)CC2CCNCC2)CC1. The molecule has 0 spiro atoms. The molecular weight excluding hydrogens is 220 g/mol. The highest BCUT2D eigenvalue weighted by molar-refractivity contribution is 8.00. The van der Waals surface area contributed by atoms with E-state index in [-0.39, 0.29) is 5.91 Å². The van der Waals surface area contributed by atoms with Crippen LogP contribution in [0.1, 0.15) is 32.1 Å². The van der Waals surface area contributed by atoms with Crippen molar-refractivity contribution < 1.29 is 4.79 Å². The minimum absolute atomic E-state index is 0.257. The zero-order chi connectivity index (χ0) is 11.4. The Labute approximate surface area is 102 Å². The Bertz CT molecular complexity index is 247. The number of carbonyl (C=O) groups excluding carboxylic acids is 1. The second-order valence-corrected chi connectivity index (χ2v) is 6.34. The molecule has 1 saturated carbocycles. The molecule has 0 radical (unpaired) electrons. The first-order valence-electron chi connectivity index (χ1n) is 6.27. The van der Waals surface area contributed by atoms with Crippen molar-refractivity contribution in [3.8, 4) is 0 Å². The lowest BCUT2D eigenvalue weighted by molar-refractivity contribution is -0.122. The van der Waals surface area contributed by atoms with E-state index in [1.807, 2.05) is 11.8 Å². The Hall–Kier alpha value is -0.220. The van der Waals surface area contributed by atoms with E-state index < -0.39 is 0 Å². The largest absolute Gasteiger partial charge is 0.355 e. The lowest BCUT2D eigenvalue weighted by Crippen LogP contribution is -2.35. The molecule has 0 aromatic carbocycles. The Morgan fingerprint density at radius 2 is 2.12 bits per heavy atom. The van der Waals surface area contributed by atoms with Crippen LogP contribution in [0.4, 0.5) is 0 Å². The molecule has 2 N–H and O–H groups in total. The van der Waals surface area contributed by atoms with Gasteiger partial charge < -0.3 is 10.6 Å². The number of nitrogens with one attached hydrogen (secondary N) is 2. The molecule has 4 heteroatoms. The van der Waals surface area contributed by atoms with Gasteiger partial charge in [-0.15, -0.1) is 0 Å². The van der Waals surface area contributed by atoms with E-state index in [9.17, 15) is 4.79 Å². The maximum absolute atomic E-state index is 11.8. The molecule has 0 atom stereocenters. The van der Waals surface area contributed by atoms with Gasteiger partial charge in [0, 0.05) is 17.7 Å². The molecule has 2 fully saturated rings. The van der Waals surface area contributed by atoms with Gasteiger partial charge in [0.1, 0.15) is 0 Å². The molecule has 1 aliphatic heterocycles. The van der Waals surface area contributed by atoms with Crippen molar-refractivity contribution in [3.05, 3.63) is 0 Å². The van der Waals surface area contributed by atoms with E-state index >= 15 is 0 Å². The van der Waals surface area contributed by atoms with Crippen LogP contribution in [0.25, 0.3) is 0 Å². The third-order valence-electron chi connectivity index (χ3n) is 3.78. The van der Waals surface area contributed by atoms with Gasteiger partial charge in [-0.1, -0.05) is 0 Å². The number of rotatable bonds is 5. The van der Waals surface area contributed by atoms with E-state index in [1.165, 1.54) is 12.8 Å². The van der Waals surface area contributed by atoms with Gasteiger partial charge in [-0.25, -0.2) is 0 Å². The first kappa shape index (κ1) is 12.2. The lowest BCUT2D eigenvalue weighted by atomic mass is 9.94. The topological polar surface area (TPSA) is 41.1 Å². The molecule has 0 bridgehead atoms. The third kappa shape index (κ3) is 3.39. The van der Waals surface area contributed by atoms with Gasteiger partial charge >= 0.3 is 0 Å². The number of hydrogen-bond donors (Lipinski definition) is 2. The summed E-state index contributed by atoms with van der Waals surface area (Å²) in [5.74, 6) is 0.859. The van der Waals surface area contributed by atoms with Crippen molar-refractivity contribution >= 4 is 17.7 Å². The lowest BCUT2D eigenvalue weighted by Gasteiger charge is -2.22. The van der Waals surface area contributed by atoms with E-state index in [0.29, 0.717) is 10.7 Å². The highest BCUT2D eigenvalue weighted by atomic mass is 32.2. The molecule has 1 saturated heterocycles. The molecule has 2 aliphatic rings. The fraction of sp³-hybridized carbons (Fsp3) is 0.917. The van der Waals surface area contributed by atoms with Crippen LogP contribution in [0.3, 0.4) is 0 Å². The van der Waals surface area contributed by atoms with Crippen LogP contribution < -0.4 is 10.6 Å². The standard InChI is InChI=1S/C12H22N2OS/c1-16-12(4-5-12)9-14-11(15)8-10-2-6-13-7-3-10/h10,13H,2-9H2,1H3,(H,14,15). The number of carbonyl (C=O) groups is 1. The minimum atomic E-state index is 0.257. The second kappa shape index (κ2) is 5.41. The number of hydrogen-bond acceptors (Lipinski definition) is 3. The molecule has 0 unspecified atom stereocenters. The number of thioether (sulfide) groups is 1. The van der Waals surface area contributed by atoms with E-state index in [1.54, 1.807) is 0 Å². The molecule has 1 amide bonds. The maximum atomic E-state index is 11.8. The Balaban J connectivity index is 1.64. The molecule has 92 valence electrons. The average molecular weight is 242 g/mol. The molecule has 1 heterocycles. The molecule has 2 rings (SSSR count). The fourth-order valence-electron chi connectivity index (χ4n) is 2.27. The maximum Gasteiger partial charge on any atom is 0.220 e. The third-order valence-corrected chi connectivity index (χ3v) is 5.20. The van der Waals surface area contributed by atoms with Gasteiger partial charge in [-0.3, -0.25) is 4.79 Å². The summed E-state index contributed by atoms with van der Waals surface area (Å²) in [6.45, 7) is 3.03. The highest BCUT2D eigenvalue weighted by Crippen LogP contribution is 2.46. The summed E-state index contributed by atoms with van der Waals surface area (Å²) in [7, 11) is 0. The summed E-state index contributed by atoms with van der Waals surface area (Å²) < 4.78 is 0.393. The van der Waals surface area contributed by atoms with E-state index in [4.69, 9.17) is 0 Å². The van der Waals surface area contributed by atoms with Gasteiger partial charge in [0.05, 0.1) is 0 Å². The van der Waals surface area contributed by atoms with Crippen molar-refractivity contribution in [2.75, 3.05) is 25.9 Å². The molecule has 0 aromatic heterocycles. The number of piperidine rings is 1. The zero-order valence-corrected chi connectivity index (χ0v) is 10.9. The van der Waals surface area contributed by atoms with Gasteiger partial charge in [0.15, 0.2) is 0 Å². The smallest absolute Gasteiger partial charge is 0.220 e. The summed E-state index contributed by atoms with van der Waals surface area (Å²) in [6, 6.07) is 0. The van der Waals surface area contributed by atoms with Crippen molar-refractivity contribution in [2.45, 2.75) is 36.9 Å². The molecule has 16 heavy (non-hydrogen) atoms. The zero-order valence-electron chi connectivity index (χ0n) is 10.1. The van der Waals surface area contributed by atoms with Crippen molar-refractivity contribution in [1.29, 1.82) is 0 Å². The predicted octanol–water partition coefficient (Wildman–Crippen LogP) is 1.39. The van der Waals surface area contributed by atoms with Crippen molar-refractivity contribution in [2.24, 2.45) is 5.92 Å². The van der Waals surface area contributed by atoms with Crippen LogP contribution in [0.5, 0.6) is 0 Å². The monoisotopic (exact) mass is 242 g/mol. The quantitative estimate of drug-likeness (QED) is 0.765. The van der Waals surface area contributed by atoms with Gasteiger partial charge in [0.25, 0.3) is 0 Å². The van der Waals surface area contributed by atoms with E-state index in [2.05, 4.69) is 16.9 Å². The average Bonchev–Trinajstić information content (AvgIpc) is 3.09. The van der Waals surface area contributed by atoms with Crippen LogP contribution in [0, 0.1) is 5.92 Å². The van der Waals surface area contributed by atoms with E-state index in [0.717, 1.165) is 38.9 Å². The summed E-state index contributed by atoms with van der Waals surface area (Å²) >= 11 is 1.90. The minimum Gasteiger partial charge on any atom is -0.355 e. The first-order chi connectivity index (χ1) is 7.74. The van der Waals surface area contributed by atoms with Crippen LogP contribution >= 0.6 is 11.8 Å². The van der Waals surface area contributed by atoms with Crippen molar-refractivity contribution in [3.63, 3.8) is 0 Å². The Morgan fingerprint density at radius 3 is 2.69 bits per heavy atom. The van der Waals surface area contributed by atoms with Crippen LogP contribution in [0.2, 0.25) is 0 Å². The van der Waals surface area contributed by atoms with Gasteiger partial charge in [0.2, 0.25) is 5.91 Å².